The zero-order valence-electron chi connectivity index (χ0n) is 12.3. The Bertz CT molecular complexity index is 339. The number of thioether (sulfide) groups is 1. The van der Waals surface area contributed by atoms with Gasteiger partial charge in [0.25, 0.3) is 0 Å². The van der Waals surface area contributed by atoms with E-state index in [4.69, 9.17) is 0 Å². The Labute approximate surface area is 131 Å². The molecule has 0 fully saturated rings. The number of benzene rings is 1. The molecule has 0 radical (unpaired) electrons. The third kappa shape index (κ3) is 6.82. The van der Waals surface area contributed by atoms with Crippen LogP contribution in [0.25, 0.3) is 0 Å². The van der Waals surface area contributed by atoms with Crippen LogP contribution in [0.3, 0.4) is 0 Å². The van der Waals surface area contributed by atoms with E-state index in [1.165, 1.54) is 24.2 Å². The van der Waals surface area contributed by atoms with Crippen molar-refractivity contribution in [1.29, 1.82) is 0 Å². The largest absolute Gasteiger partial charge is 0.313 e. The molecule has 1 nitrogen and oxygen atoms in total. The van der Waals surface area contributed by atoms with Gasteiger partial charge in [-0.05, 0) is 49.6 Å². The fourth-order valence-corrected chi connectivity index (χ4v) is 3.54. The lowest BCUT2D eigenvalue weighted by Gasteiger charge is -2.24. The number of halogens is 1. The minimum absolute atomic E-state index is 0.619. The Morgan fingerprint density at radius 2 is 1.84 bits per heavy atom. The van der Waals surface area contributed by atoms with Gasteiger partial charge < -0.3 is 5.32 Å². The van der Waals surface area contributed by atoms with Crippen molar-refractivity contribution in [3.05, 3.63) is 28.7 Å². The molecule has 108 valence electrons. The average Bonchev–Trinajstić information content (AvgIpc) is 2.41. The summed E-state index contributed by atoms with van der Waals surface area (Å²) < 4.78 is 1.15. The second-order valence-electron chi connectivity index (χ2n) is 5.09. The quantitative estimate of drug-likeness (QED) is 0.607. The van der Waals surface area contributed by atoms with Crippen LogP contribution < -0.4 is 5.32 Å². The van der Waals surface area contributed by atoms with Gasteiger partial charge in [0.05, 0.1) is 0 Å². The van der Waals surface area contributed by atoms with E-state index in [1.54, 1.807) is 0 Å². The highest BCUT2D eigenvalue weighted by molar-refractivity contribution is 9.10. The molecule has 0 heterocycles. The van der Waals surface area contributed by atoms with Gasteiger partial charge in [-0.2, -0.15) is 0 Å². The van der Waals surface area contributed by atoms with E-state index < -0.39 is 0 Å². The van der Waals surface area contributed by atoms with E-state index >= 15 is 0 Å². The van der Waals surface area contributed by atoms with Gasteiger partial charge in [0.2, 0.25) is 0 Å². The van der Waals surface area contributed by atoms with Crippen molar-refractivity contribution in [3.63, 3.8) is 0 Å². The van der Waals surface area contributed by atoms with Crippen LogP contribution >= 0.6 is 27.7 Å². The summed E-state index contributed by atoms with van der Waals surface area (Å²) in [5.74, 6) is 1.91. The molecular weight excluding hydrogens is 318 g/mol. The predicted octanol–water partition coefficient (Wildman–Crippen LogP) is 5.35. The molecule has 0 aliphatic rings. The monoisotopic (exact) mass is 343 g/mol. The lowest BCUT2D eigenvalue weighted by molar-refractivity contribution is 0.382. The van der Waals surface area contributed by atoms with Gasteiger partial charge in [0, 0.05) is 21.2 Å². The molecule has 0 saturated carbocycles. The van der Waals surface area contributed by atoms with E-state index in [0.29, 0.717) is 6.04 Å². The number of hydrogen-bond donors (Lipinski definition) is 1. The molecule has 1 rings (SSSR count). The van der Waals surface area contributed by atoms with Crippen LogP contribution in [0.4, 0.5) is 0 Å². The maximum absolute atomic E-state index is 3.71. The molecule has 1 aromatic carbocycles. The van der Waals surface area contributed by atoms with E-state index in [1.807, 2.05) is 11.8 Å². The van der Waals surface area contributed by atoms with Crippen LogP contribution in [0.1, 0.15) is 40.0 Å². The maximum Gasteiger partial charge on any atom is 0.0187 e. The van der Waals surface area contributed by atoms with E-state index in [0.717, 1.165) is 22.7 Å². The molecule has 2 unspecified atom stereocenters. The Hall–Kier alpha value is 0.01000. The molecule has 3 heteroatoms. The molecule has 0 saturated heterocycles. The minimum Gasteiger partial charge on any atom is -0.313 e. The van der Waals surface area contributed by atoms with E-state index in [9.17, 15) is 0 Å². The third-order valence-corrected chi connectivity index (χ3v) is 4.99. The molecule has 0 bridgehead atoms. The van der Waals surface area contributed by atoms with Crippen LogP contribution in [-0.2, 0) is 0 Å². The Morgan fingerprint density at radius 1 is 1.16 bits per heavy atom. The highest BCUT2D eigenvalue weighted by Gasteiger charge is 2.15. The third-order valence-electron chi connectivity index (χ3n) is 3.33. The number of nitrogens with one attached hydrogen (secondary N) is 1. The van der Waals surface area contributed by atoms with Crippen molar-refractivity contribution in [2.45, 2.75) is 51.0 Å². The number of hydrogen-bond acceptors (Lipinski definition) is 2. The first-order valence-corrected chi connectivity index (χ1v) is 9.07. The zero-order chi connectivity index (χ0) is 14.1. The fraction of sp³-hybridized carbons (Fsp3) is 0.625. The normalized spacial score (nSPS) is 14.3. The lowest BCUT2D eigenvalue weighted by Crippen LogP contribution is -2.37. The second kappa shape index (κ2) is 9.84. The first-order valence-electron chi connectivity index (χ1n) is 7.29. The van der Waals surface area contributed by atoms with Gasteiger partial charge in [-0.15, -0.1) is 11.8 Å². The van der Waals surface area contributed by atoms with Crippen LogP contribution in [0, 0.1) is 5.92 Å². The smallest absolute Gasteiger partial charge is 0.0187 e. The molecule has 0 aliphatic carbocycles. The molecule has 1 N–H and O–H groups in total. The first kappa shape index (κ1) is 17.1. The summed E-state index contributed by atoms with van der Waals surface area (Å²) >= 11 is 5.44. The van der Waals surface area contributed by atoms with Crippen LogP contribution in [-0.4, -0.2) is 18.3 Å². The SMILES string of the molecule is CCCNC(CSc1ccc(Br)cc1)C(C)CCC. The predicted molar refractivity (Wildman–Crippen MR) is 91.0 cm³/mol. The van der Waals surface area contributed by atoms with Crippen LogP contribution in [0.5, 0.6) is 0 Å². The van der Waals surface area contributed by atoms with E-state index in [-0.39, 0.29) is 0 Å². The molecule has 0 amide bonds. The molecular formula is C16H26BrNS. The summed E-state index contributed by atoms with van der Waals surface area (Å²) in [7, 11) is 0. The second-order valence-corrected chi connectivity index (χ2v) is 7.10. The summed E-state index contributed by atoms with van der Waals surface area (Å²) in [6, 6.07) is 9.23. The standard InChI is InChI=1S/C16H26BrNS/c1-4-6-13(3)16(18-11-5-2)12-19-15-9-7-14(17)8-10-15/h7-10,13,16,18H,4-6,11-12H2,1-3H3. The van der Waals surface area contributed by atoms with Gasteiger partial charge in [-0.1, -0.05) is 43.1 Å². The van der Waals surface area contributed by atoms with Crippen molar-refractivity contribution in [3.8, 4) is 0 Å². The lowest BCUT2D eigenvalue weighted by atomic mass is 9.98. The fourth-order valence-electron chi connectivity index (χ4n) is 2.13. The summed E-state index contributed by atoms with van der Waals surface area (Å²) in [5.41, 5.74) is 0. The van der Waals surface area contributed by atoms with Crippen molar-refractivity contribution in [1.82, 2.24) is 5.32 Å². The van der Waals surface area contributed by atoms with Crippen molar-refractivity contribution in [2.75, 3.05) is 12.3 Å². The molecule has 0 aromatic heterocycles. The average molecular weight is 344 g/mol. The number of rotatable bonds is 9. The van der Waals surface area contributed by atoms with Crippen LogP contribution in [0.2, 0.25) is 0 Å². The van der Waals surface area contributed by atoms with Crippen molar-refractivity contribution in [2.24, 2.45) is 5.92 Å². The summed E-state index contributed by atoms with van der Waals surface area (Å²) in [6.45, 7) is 8.00. The van der Waals surface area contributed by atoms with Gasteiger partial charge in [-0.3, -0.25) is 0 Å². The van der Waals surface area contributed by atoms with Gasteiger partial charge in [0.15, 0.2) is 0 Å². The zero-order valence-corrected chi connectivity index (χ0v) is 14.7. The topological polar surface area (TPSA) is 12.0 Å². The molecule has 2 atom stereocenters. The maximum atomic E-state index is 3.71. The van der Waals surface area contributed by atoms with Crippen molar-refractivity contribution < 1.29 is 0 Å². The molecule has 0 aliphatic heterocycles. The Kier molecular flexibility index (Phi) is 8.84. The summed E-state index contributed by atoms with van der Waals surface area (Å²) in [4.78, 5) is 1.36. The van der Waals surface area contributed by atoms with Gasteiger partial charge in [-0.25, -0.2) is 0 Å². The molecule has 0 spiro atoms. The Morgan fingerprint density at radius 3 is 2.42 bits per heavy atom. The minimum atomic E-state index is 0.619. The molecule has 19 heavy (non-hydrogen) atoms. The summed E-state index contributed by atoms with van der Waals surface area (Å²) in [6.07, 6.45) is 3.79. The van der Waals surface area contributed by atoms with Crippen LogP contribution in [0.15, 0.2) is 33.6 Å². The van der Waals surface area contributed by atoms with Gasteiger partial charge in [0.1, 0.15) is 0 Å². The van der Waals surface area contributed by atoms with Gasteiger partial charge >= 0.3 is 0 Å². The Balaban J connectivity index is 2.49. The first-order chi connectivity index (χ1) is 9.17. The highest BCUT2D eigenvalue weighted by atomic mass is 79.9. The highest BCUT2D eigenvalue weighted by Crippen LogP contribution is 2.24. The van der Waals surface area contributed by atoms with E-state index in [2.05, 4.69) is 66.3 Å². The van der Waals surface area contributed by atoms with Crippen molar-refractivity contribution >= 4 is 27.7 Å². The summed E-state index contributed by atoms with van der Waals surface area (Å²) in [5, 5.41) is 3.71. The molecule has 1 aromatic rings.